The zero-order valence-electron chi connectivity index (χ0n) is 15.8. The number of benzene rings is 1. The van der Waals surface area contributed by atoms with E-state index in [2.05, 4.69) is 4.98 Å². The van der Waals surface area contributed by atoms with E-state index in [9.17, 15) is 13.2 Å². The summed E-state index contributed by atoms with van der Waals surface area (Å²) in [5, 5.41) is 8.83. The summed E-state index contributed by atoms with van der Waals surface area (Å²) in [6.45, 7) is 4.32. The minimum atomic E-state index is -3.83. The number of hydrogen-bond acceptors (Lipinski definition) is 6. The highest BCUT2D eigenvalue weighted by atomic mass is 32.2. The molecule has 0 radical (unpaired) electrons. The number of rotatable bonds is 6. The van der Waals surface area contributed by atoms with Crippen molar-refractivity contribution in [2.24, 2.45) is 0 Å². The van der Waals surface area contributed by atoms with Crippen molar-refractivity contribution in [2.45, 2.75) is 44.2 Å². The molecule has 0 bridgehead atoms. The van der Waals surface area contributed by atoms with Crippen molar-refractivity contribution in [1.29, 1.82) is 0 Å². The van der Waals surface area contributed by atoms with Crippen LogP contribution in [0.2, 0.25) is 0 Å². The molecule has 1 aliphatic rings. The molecule has 0 spiro atoms. The van der Waals surface area contributed by atoms with Gasteiger partial charge in [-0.2, -0.15) is 4.31 Å². The predicted octanol–water partition coefficient (Wildman–Crippen LogP) is 1.94. The lowest BCUT2D eigenvalue weighted by Gasteiger charge is -2.22. The molecule has 1 amide bonds. The van der Waals surface area contributed by atoms with Gasteiger partial charge in [0.25, 0.3) is 5.91 Å². The van der Waals surface area contributed by atoms with Crippen molar-refractivity contribution < 1.29 is 23.2 Å². The van der Waals surface area contributed by atoms with Crippen LogP contribution in [0.1, 0.15) is 29.8 Å². The lowest BCUT2D eigenvalue weighted by atomic mass is 10.2. The molecule has 1 aromatic carbocycles. The fourth-order valence-corrected chi connectivity index (χ4v) is 4.96. The summed E-state index contributed by atoms with van der Waals surface area (Å²) in [4.78, 5) is 16.1. The number of carbonyl (C=O) groups is 1. The van der Waals surface area contributed by atoms with Crippen molar-refractivity contribution in [3.05, 3.63) is 53.3 Å². The molecule has 150 valence electrons. The van der Waals surface area contributed by atoms with Gasteiger partial charge in [0, 0.05) is 30.1 Å². The van der Waals surface area contributed by atoms with Gasteiger partial charge in [0.05, 0.1) is 4.90 Å². The molecule has 1 aromatic heterocycles. The average Bonchev–Trinajstić information content (AvgIpc) is 3.16. The number of nitrogens with one attached hydrogen (secondary N) is 1. The molecule has 2 heterocycles. The van der Waals surface area contributed by atoms with Gasteiger partial charge in [0.2, 0.25) is 10.0 Å². The predicted molar refractivity (Wildman–Crippen MR) is 101 cm³/mol. The molecule has 3 rings (SSSR count). The maximum atomic E-state index is 12.9. The first-order chi connectivity index (χ1) is 13.3. The number of nitrogens with zero attached hydrogens (tertiary/aromatic N) is 2. The number of carbonyl (C=O) groups excluding carboxylic acids is 1. The van der Waals surface area contributed by atoms with Gasteiger partial charge < -0.3 is 4.74 Å². The number of hydrogen-bond donors (Lipinski definition) is 2. The van der Waals surface area contributed by atoms with E-state index >= 15 is 0 Å². The summed E-state index contributed by atoms with van der Waals surface area (Å²) >= 11 is 0. The van der Waals surface area contributed by atoms with Gasteiger partial charge >= 0.3 is 0 Å². The zero-order valence-corrected chi connectivity index (χ0v) is 16.6. The van der Waals surface area contributed by atoms with Crippen LogP contribution in [0.4, 0.5) is 0 Å². The van der Waals surface area contributed by atoms with Crippen molar-refractivity contribution in [3.63, 3.8) is 0 Å². The second-order valence-electron chi connectivity index (χ2n) is 6.77. The van der Waals surface area contributed by atoms with E-state index in [4.69, 9.17) is 9.94 Å². The molecule has 9 heteroatoms. The van der Waals surface area contributed by atoms with Crippen molar-refractivity contribution in [2.75, 3.05) is 6.54 Å². The van der Waals surface area contributed by atoms with E-state index in [0.29, 0.717) is 25.2 Å². The van der Waals surface area contributed by atoms with Crippen LogP contribution in [0, 0.1) is 13.8 Å². The first kappa shape index (κ1) is 20.2. The maximum absolute atomic E-state index is 12.9. The average molecular weight is 405 g/mol. The van der Waals surface area contributed by atoms with Gasteiger partial charge in [-0.3, -0.25) is 15.0 Å². The Kier molecular flexibility index (Phi) is 5.97. The van der Waals surface area contributed by atoms with Crippen LogP contribution >= 0.6 is 0 Å². The van der Waals surface area contributed by atoms with E-state index < -0.39 is 22.0 Å². The summed E-state index contributed by atoms with van der Waals surface area (Å²) in [6.07, 6.45) is 0.941. The first-order valence-corrected chi connectivity index (χ1v) is 10.4. The van der Waals surface area contributed by atoms with Crippen LogP contribution in [0.5, 0.6) is 5.75 Å². The Labute approximate surface area is 164 Å². The lowest BCUT2D eigenvalue weighted by Crippen LogP contribution is -2.44. The molecule has 8 nitrogen and oxygen atoms in total. The summed E-state index contributed by atoms with van der Waals surface area (Å²) in [5.41, 5.74) is 4.09. The number of hydroxylamine groups is 1. The fourth-order valence-electron chi connectivity index (χ4n) is 3.30. The van der Waals surface area contributed by atoms with Crippen molar-refractivity contribution in [1.82, 2.24) is 14.8 Å². The highest BCUT2D eigenvalue weighted by Gasteiger charge is 2.39. The summed E-state index contributed by atoms with van der Waals surface area (Å²) in [5.74, 6) is -0.00865. The normalized spacial score (nSPS) is 17.5. The molecule has 28 heavy (non-hydrogen) atoms. The van der Waals surface area contributed by atoms with Gasteiger partial charge in [-0.1, -0.05) is 12.1 Å². The van der Waals surface area contributed by atoms with Gasteiger partial charge in [0.1, 0.15) is 18.4 Å². The fraction of sp³-hybridized carbons (Fsp3) is 0.368. The number of ether oxygens (including phenoxy) is 1. The Morgan fingerprint density at radius 3 is 2.50 bits per heavy atom. The Morgan fingerprint density at radius 2 is 1.89 bits per heavy atom. The monoisotopic (exact) mass is 405 g/mol. The topological polar surface area (TPSA) is 109 Å². The van der Waals surface area contributed by atoms with E-state index in [0.717, 1.165) is 21.3 Å². The molecule has 1 saturated heterocycles. The standard InChI is InChI=1S/C19H23N3O5S/c1-13-10-16(11-14(2)20-13)27-12-15-5-7-17(8-6-15)28(25,26)22-9-3-4-18(22)19(23)21-24/h5-8,10-11,18,24H,3-4,9,12H2,1-2H3,(H,21,23)/t18-/m1/s1. The third-order valence-corrected chi connectivity index (χ3v) is 6.53. The van der Waals surface area contributed by atoms with E-state index in [1.165, 1.54) is 12.1 Å². The molecular formula is C19H23N3O5S. The van der Waals surface area contributed by atoms with Gasteiger partial charge in [0.15, 0.2) is 0 Å². The largest absolute Gasteiger partial charge is 0.489 e. The maximum Gasteiger partial charge on any atom is 0.261 e. The third-order valence-electron chi connectivity index (χ3n) is 4.61. The SMILES string of the molecule is Cc1cc(OCc2ccc(S(=O)(=O)N3CCC[C@@H]3C(=O)NO)cc2)cc(C)n1. The quantitative estimate of drug-likeness (QED) is 0.562. The molecule has 2 aromatic rings. The van der Waals surface area contributed by atoms with Crippen molar-refractivity contribution >= 4 is 15.9 Å². The molecule has 1 atom stereocenters. The van der Waals surface area contributed by atoms with E-state index in [1.807, 2.05) is 26.0 Å². The van der Waals surface area contributed by atoms with Crippen LogP contribution in [-0.4, -0.2) is 41.4 Å². The number of sulfonamides is 1. The van der Waals surface area contributed by atoms with Gasteiger partial charge in [-0.15, -0.1) is 0 Å². The van der Waals surface area contributed by atoms with Crippen LogP contribution < -0.4 is 10.2 Å². The molecule has 0 unspecified atom stereocenters. The molecule has 2 N–H and O–H groups in total. The minimum absolute atomic E-state index is 0.101. The van der Waals surface area contributed by atoms with Crippen LogP contribution in [0.3, 0.4) is 0 Å². The summed E-state index contributed by atoms with van der Waals surface area (Å²) < 4.78 is 32.6. The third kappa shape index (κ3) is 4.32. The highest BCUT2D eigenvalue weighted by molar-refractivity contribution is 7.89. The minimum Gasteiger partial charge on any atom is -0.489 e. The zero-order chi connectivity index (χ0) is 20.3. The highest BCUT2D eigenvalue weighted by Crippen LogP contribution is 2.26. The van der Waals surface area contributed by atoms with Crippen molar-refractivity contribution in [3.8, 4) is 5.75 Å². The second-order valence-corrected chi connectivity index (χ2v) is 8.66. The number of aryl methyl sites for hydroxylation is 2. The van der Waals surface area contributed by atoms with Crippen LogP contribution in [0.25, 0.3) is 0 Å². The first-order valence-electron chi connectivity index (χ1n) is 8.94. The Morgan fingerprint density at radius 1 is 1.25 bits per heavy atom. The number of amides is 1. The molecule has 1 aliphatic heterocycles. The second kappa shape index (κ2) is 8.26. The molecule has 1 fully saturated rings. The Balaban J connectivity index is 1.72. The Bertz CT molecular complexity index is 940. The van der Waals surface area contributed by atoms with Crippen LogP contribution in [-0.2, 0) is 21.4 Å². The van der Waals surface area contributed by atoms with Crippen LogP contribution in [0.15, 0.2) is 41.3 Å². The summed E-state index contributed by atoms with van der Waals surface area (Å²) in [6, 6.07) is 9.16. The van der Waals surface area contributed by atoms with Gasteiger partial charge in [-0.05, 0) is 44.4 Å². The molecule has 0 saturated carbocycles. The smallest absolute Gasteiger partial charge is 0.261 e. The molecular weight excluding hydrogens is 382 g/mol. The molecule has 0 aliphatic carbocycles. The lowest BCUT2D eigenvalue weighted by molar-refractivity contribution is -0.132. The number of aromatic nitrogens is 1. The van der Waals surface area contributed by atoms with E-state index in [1.54, 1.807) is 17.6 Å². The van der Waals surface area contributed by atoms with E-state index in [-0.39, 0.29) is 11.4 Å². The summed E-state index contributed by atoms with van der Waals surface area (Å²) in [7, 11) is -3.83. The Hall–Kier alpha value is -2.49. The number of pyridine rings is 1. The van der Waals surface area contributed by atoms with Gasteiger partial charge in [-0.25, -0.2) is 13.9 Å².